The standard InChI is InChI=1S/C22H18N4O/c1-25-14-23-12-19(25)21-20(16-5-3-2-4-6-16)17-11-15(13-27)7-8-18(17)26-10-9-24-22(21)26/h2-12,14,27H,13H2,1H3. The average Bonchev–Trinajstić information content (AvgIpc) is 3.36. The Labute approximate surface area is 156 Å². The fourth-order valence-corrected chi connectivity index (χ4v) is 3.77. The molecule has 0 saturated carbocycles. The molecule has 0 atom stereocenters. The molecular formula is C22H18N4O. The summed E-state index contributed by atoms with van der Waals surface area (Å²) in [4.78, 5) is 8.99. The van der Waals surface area contributed by atoms with Crippen molar-refractivity contribution >= 4 is 16.6 Å². The predicted molar refractivity (Wildman–Crippen MR) is 106 cm³/mol. The Balaban J connectivity index is 2.04. The number of aliphatic hydroxyl groups excluding tert-OH is 1. The van der Waals surface area contributed by atoms with Crippen molar-refractivity contribution in [3.05, 3.63) is 79.0 Å². The molecule has 0 spiro atoms. The van der Waals surface area contributed by atoms with Crippen LogP contribution in [0.2, 0.25) is 0 Å². The van der Waals surface area contributed by atoms with Gasteiger partial charge in [-0.25, -0.2) is 9.97 Å². The average molecular weight is 354 g/mol. The van der Waals surface area contributed by atoms with Gasteiger partial charge in [0.1, 0.15) is 5.65 Å². The van der Waals surface area contributed by atoms with Crippen LogP contribution in [0.1, 0.15) is 5.56 Å². The number of aromatic nitrogens is 4. The molecule has 0 unspecified atom stereocenters. The number of aryl methyl sites for hydroxylation is 1. The van der Waals surface area contributed by atoms with E-state index < -0.39 is 0 Å². The number of hydrogen-bond acceptors (Lipinski definition) is 3. The Morgan fingerprint density at radius 2 is 1.89 bits per heavy atom. The third-order valence-electron chi connectivity index (χ3n) is 5.02. The van der Waals surface area contributed by atoms with Crippen LogP contribution in [0.25, 0.3) is 38.9 Å². The number of benzene rings is 2. The maximum atomic E-state index is 9.70. The third-order valence-corrected chi connectivity index (χ3v) is 5.02. The van der Waals surface area contributed by atoms with Crippen molar-refractivity contribution in [1.82, 2.24) is 18.9 Å². The molecule has 1 N–H and O–H groups in total. The second-order valence-corrected chi connectivity index (χ2v) is 6.64. The van der Waals surface area contributed by atoms with E-state index in [0.29, 0.717) is 0 Å². The van der Waals surface area contributed by atoms with Gasteiger partial charge in [0.05, 0.1) is 35.9 Å². The summed E-state index contributed by atoms with van der Waals surface area (Å²) in [6, 6.07) is 16.4. The van der Waals surface area contributed by atoms with E-state index in [2.05, 4.69) is 38.6 Å². The first-order chi connectivity index (χ1) is 13.3. The van der Waals surface area contributed by atoms with Crippen LogP contribution in [-0.4, -0.2) is 24.0 Å². The number of hydrogen-bond donors (Lipinski definition) is 1. The molecule has 5 heteroatoms. The lowest BCUT2D eigenvalue weighted by Crippen LogP contribution is -2.00. The fourth-order valence-electron chi connectivity index (χ4n) is 3.77. The van der Waals surface area contributed by atoms with Gasteiger partial charge in [-0.3, -0.25) is 4.40 Å². The number of pyridine rings is 1. The van der Waals surface area contributed by atoms with Gasteiger partial charge in [0.15, 0.2) is 0 Å². The van der Waals surface area contributed by atoms with Crippen LogP contribution in [-0.2, 0) is 13.7 Å². The molecule has 132 valence electrons. The van der Waals surface area contributed by atoms with E-state index in [0.717, 1.165) is 44.5 Å². The SMILES string of the molecule is Cn1cncc1-c1c(-c2ccccc2)c2cc(CO)ccc2n2ccnc12. The molecule has 5 nitrogen and oxygen atoms in total. The number of imidazole rings is 2. The lowest BCUT2D eigenvalue weighted by Gasteiger charge is -2.17. The Morgan fingerprint density at radius 3 is 2.63 bits per heavy atom. The summed E-state index contributed by atoms with van der Waals surface area (Å²) in [5.41, 5.74) is 7.08. The van der Waals surface area contributed by atoms with Crippen molar-refractivity contribution in [2.24, 2.45) is 7.05 Å². The smallest absolute Gasteiger partial charge is 0.147 e. The molecule has 3 heterocycles. The fraction of sp³-hybridized carbons (Fsp3) is 0.0909. The molecular weight excluding hydrogens is 336 g/mol. The molecule has 3 aromatic heterocycles. The summed E-state index contributed by atoms with van der Waals surface area (Å²) in [5, 5.41) is 10.8. The van der Waals surface area contributed by atoms with Gasteiger partial charge in [0.2, 0.25) is 0 Å². The highest BCUT2D eigenvalue weighted by molar-refractivity contribution is 6.07. The zero-order valence-corrected chi connectivity index (χ0v) is 14.9. The van der Waals surface area contributed by atoms with Crippen molar-refractivity contribution in [2.45, 2.75) is 6.61 Å². The van der Waals surface area contributed by atoms with Gasteiger partial charge in [0.25, 0.3) is 0 Å². The lowest BCUT2D eigenvalue weighted by molar-refractivity contribution is 0.282. The molecule has 2 aromatic carbocycles. The molecule has 0 amide bonds. The summed E-state index contributed by atoms with van der Waals surface area (Å²) in [6.45, 7) is 0.00712. The van der Waals surface area contributed by atoms with Crippen LogP contribution in [0, 0.1) is 0 Å². The van der Waals surface area contributed by atoms with Crippen LogP contribution < -0.4 is 0 Å². The zero-order valence-electron chi connectivity index (χ0n) is 14.9. The highest BCUT2D eigenvalue weighted by Gasteiger charge is 2.20. The highest BCUT2D eigenvalue weighted by Crippen LogP contribution is 2.40. The number of nitrogens with zero attached hydrogens (tertiary/aromatic N) is 4. The molecule has 0 radical (unpaired) electrons. The minimum Gasteiger partial charge on any atom is -0.392 e. The largest absolute Gasteiger partial charge is 0.392 e. The van der Waals surface area contributed by atoms with Gasteiger partial charge in [0, 0.05) is 30.4 Å². The third kappa shape index (κ3) is 2.36. The Kier molecular flexibility index (Phi) is 3.55. The van der Waals surface area contributed by atoms with Crippen molar-refractivity contribution < 1.29 is 5.11 Å². The minimum absolute atomic E-state index is 0.00712. The summed E-state index contributed by atoms with van der Waals surface area (Å²) in [6.07, 6.45) is 7.48. The van der Waals surface area contributed by atoms with Gasteiger partial charge in [-0.1, -0.05) is 36.4 Å². The van der Waals surface area contributed by atoms with Crippen LogP contribution in [0.3, 0.4) is 0 Å². The van der Waals surface area contributed by atoms with Gasteiger partial charge in [-0.05, 0) is 23.3 Å². The first kappa shape index (κ1) is 15.8. The van der Waals surface area contributed by atoms with E-state index in [1.165, 1.54) is 0 Å². The van der Waals surface area contributed by atoms with Gasteiger partial charge < -0.3 is 9.67 Å². The monoisotopic (exact) mass is 354 g/mol. The molecule has 0 aliphatic rings. The van der Waals surface area contributed by atoms with E-state index in [4.69, 9.17) is 0 Å². The number of aliphatic hydroxyl groups is 1. The molecule has 0 fully saturated rings. The normalized spacial score (nSPS) is 11.5. The van der Waals surface area contributed by atoms with E-state index >= 15 is 0 Å². The second kappa shape index (κ2) is 6.07. The molecule has 0 bridgehead atoms. The van der Waals surface area contributed by atoms with E-state index in [9.17, 15) is 5.11 Å². The second-order valence-electron chi connectivity index (χ2n) is 6.64. The summed E-state index contributed by atoms with van der Waals surface area (Å²) in [5.74, 6) is 0. The van der Waals surface area contributed by atoms with Crippen molar-refractivity contribution in [2.75, 3.05) is 0 Å². The first-order valence-electron chi connectivity index (χ1n) is 8.82. The van der Waals surface area contributed by atoms with Gasteiger partial charge in [-0.15, -0.1) is 0 Å². The van der Waals surface area contributed by atoms with Crippen LogP contribution in [0.4, 0.5) is 0 Å². The van der Waals surface area contributed by atoms with Crippen molar-refractivity contribution in [3.63, 3.8) is 0 Å². The first-order valence-corrected chi connectivity index (χ1v) is 8.82. The van der Waals surface area contributed by atoms with Gasteiger partial charge >= 0.3 is 0 Å². The Bertz CT molecular complexity index is 1270. The molecule has 5 aromatic rings. The van der Waals surface area contributed by atoms with Crippen LogP contribution in [0.5, 0.6) is 0 Å². The predicted octanol–water partition coefficient (Wildman–Crippen LogP) is 4.05. The molecule has 5 rings (SSSR count). The summed E-state index contributed by atoms with van der Waals surface area (Å²) >= 11 is 0. The summed E-state index contributed by atoms with van der Waals surface area (Å²) < 4.78 is 4.11. The van der Waals surface area contributed by atoms with Crippen LogP contribution in [0.15, 0.2) is 73.4 Å². The molecule has 0 aliphatic carbocycles. The number of fused-ring (bicyclic) bond motifs is 3. The topological polar surface area (TPSA) is 55.3 Å². The molecule has 0 aliphatic heterocycles. The van der Waals surface area contributed by atoms with Crippen molar-refractivity contribution in [1.29, 1.82) is 0 Å². The van der Waals surface area contributed by atoms with Gasteiger partial charge in [-0.2, -0.15) is 0 Å². The highest BCUT2D eigenvalue weighted by atomic mass is 16.3. The lowest BCUT2D eigenvalue weighted by atomic mass is 9.93. The zero-order chi connectivity index (χ0) is 18.4. The quantitative estimate of drug-likeness (QED) is 0.532. The van der Waals surface area contributed by atoms with E-state index in [-0.39, 0.29) is 6.61 Å². The van der Waals surface area contributed by atoms with E-state index in [1.54, 1.807) is 6.33 Å². The maximum absolute atomic E-state index is 9.70. The van der Waals surface area contributed by atoms with Crippen molar-refractivity contribution in [3.8, 4) is 22.4 Å². The Morgan fingerprint density at radius 1 is 1.04 bits per heavy atom. The van der Waals surface area contributed by atoms with E-state index in [1.807, 2.05) is 54.5 Å². The molecule has 0 saturated heterocycles. The Hall–Kier alpha value is -3.44. The summed E-state index contributed by atoms with van der Waals surface area (Å²) in [7, 11) is 1.99. The number of rotatable bonds is 3. The minimum atomic E-state index is 0.00712. The maximum Gasteiger partial charge on any atom is 0.147 e. The molecule has 27 heavy (non-hydrogen) atoms. The van der Waals surface area contributed by atoms with Crippen LogP contribution >= 0.6 is 0 Å².